The summed E-state index contributed by atoms with van der Waals surface area (Å²) < 4.78 is 0. The van der Waals surface area contributed by atoms with Gasteiger partial charge >= 0.3 is 0 Å². The maximum atomic E-state index is 3.44. The first-order valence-electron chi connectivity index (χ1n) is 4.28. The van der Waals surface area contributed by atoms with Crippen molar-refractivity contribution in [2.45, 2.75) is 18.9 Å². The largest absolute Gasteiger partial charge is 0.317 e. The van der Waals surface area contributed by atoms with Crippen molar-refractivity contribution in [3.63, 3.8) is 0 Å². The van der Waals surface area contributed by atoms with Gasteiger partial charge in [0.25, 0.3) is 0 Å². The van der Waals surface area contributed by atoms with Gasteiger partial charge in [0.1, 0.15) is 0 Å². The lowest BCUT2D eigenvalue weighted by Gasteiger charge is -2.08. The van der Waals surface area contributed by atoms with Crippen molar-refractivity contribution in [3.05, 3.63) is 0 Å². The molecule has 1 saturated carbocycles. The summed E-state index contributed by atoms with van der Waals surface area (Å²) in [5, 5.41) is 6.81. The van der Waals surface area contributed by atoms with Gasteiger partial charge in [0.15, 0.2) is 0 Å². The Balaban J connectivity index is 1.94. The fraction of sp³-hybridized carbons (Fsp3) is 1.00. The molecular weight excluding hydrogens is 124 g/mol. The highest BCUT2D eigenvalue weighted by Crippen LogP contribution is 2.33. The minimum absolute atomic E-state index is 0.817. The zero-order valence-electron chi connectivity index (χ0n) is 6.56. The second kappa shape index (κ2) is 2.51. The summed E-state index contributed by atoms with van der Waals surface area (Å²) in [6.45, 7) is 2.53. The molecule has 0 amide bonds. The molecule has 10 heavy (non-hydrogen) atoms. The molecule has 0 aromatic carbocycles. The van der Waals surface area contributed by atoms with Crippen LogP contribution >= 0.6 is 0 Å². The lowest BCUT2D eigenvalue weighted by molar-refractivity contribution is 0.494. The third-order valence-corrected chi connectivity index (χ3v) is 3.06. The topological polar surface area (TPSA) is 24.1 Å². The predicted octanol–water partition coefficient (Wildman–Crippen LogP) is 0.204. The Morgan fingerprint density at radius 3 is 2.30 bits per heavy atom. The summed E-state index contributed by atoms with van der Waals surface area (Å²) in [5.74, 6) is 1.97. The zero-order chi connectivity index (χ0) is 6.97. The van der Waals surface area contributed by atoms with Gasteiger partial charge in [-0.05, 0) is 44.8 Å². The summed E-state index contributed by atoms with van der Waals surface area (Å²) in [7, 11) is 2.08. The number of hydrogen-bond donors (Lipinski definition) is 2. The average Bonchev–Trinajstić information content (AvgIpc) is 2.42. The minimum atomic E-state index is 0.817. The number of hydrogen-bond acceptors (Lipinski definition) is 2. The van der Waals surface area contributed by atoms with Crippen LogP contribution in [0.25, 0.3) is 0 Å². The standard InChI is InChI=1S/C8H16N2/c1-9-8-2-6-4-10-5-7(6)3-8/h6-10H,2-5H2,1H3/t6-,7+,8?. The number of rotatable bonds is 1. The molecule has 2 fully saturated rings. The van der Waals surface area contributed by atoms with E-state index in [1.54, 1.807) is 0 Å². The molecule has 1 aliphatic heterocycles. The van der Waals surface area contributed by atoms with Gasteiger partial charge in [0.05, 0.1) is 0 Å². The highest BCUT2D eigenvalue weighted by molar-refractivity contribution is 4.92. The molecule has 0 aromatic heterocycles. The fourth-order valence-electron chi connectivity index (χ4n) is 2.40. The molecule has 2 rings (SSSR count). The van der Waals surface area contributed by atoms with Crippen molar-refractivity contribution in [1.82, 2.24) is 10.6 Å². The molecule has 58 valence electrons. The van der Waals surface area contributed by atoms with Gasteiger partial charge in [-0.2, -0.15) is 0 Å². The zero-order valence-corrected chi connectivity index (χ0v) is 6.56. The van der Waals surface area contributed by atoms with Gasteiger partial charge in [-0.3, -0.25) is 0 Å². The van der Waals surface area contributed by atoms with Crippen LogP contribution in [0.2, 0.25) is 0 Å². The van der Waals surface area contributed by atoms with Crippen molar-refractivity contribution in [3.8, 4) is 0 Å². The normalized spacial score (nSPS) is 45.9. The van der Waals surface area contributed by atoms with Crippen LogP contribution in [0.3, 0.4) is 0 Å². The molecule has 0 bridgehead atoms. The lowest BCUT2D eigenvalue weighted by atomic mass is 10.0. The summed E-state index contributed by atoms with van der Waals surface area (Å²) in [6, 6.07) is 0.817. The lowest BCUT2D eigenvalue weighted by Crippen LogP contribution is -2.24. The Kier molecular flexibility index (Phi) is 1.66. The van der Waals surface area contributed by atoms with Crippen molar-refractivity contribution >= 4 is 0 Å². The van der Waals surface area contributed by atoms with Crippen molar-refractivity contribution in [2.75, 3.05) is 20.1 Å². The molecule has 0 spiro atoms. The van der Waals surface area contributed by atoms with E-state index >= 15 is 0 Å². The molecule has 2 heteroatoms. The van der Waals surface area contributed by atoms with Gasteiger partial charge < -0.3 is 10.6 Å². The Morgan fingerprint density at radius 2 is 1.80 bits per heavy atom. The van der Waals surface area contributed by atoms with E-state index in [4.69, 9.17) is 0 Å². The minimum Gasteiger partial charge on any atom is -0.317 e. The van der Waals surface area contributed by atoms with Gasteiger partial charge in [0, 0.05) is 6.04 Å². The molecule has 2 N–H and O–H groups in total. The summed E-state index contributed by atoms with van der Waals surface area (Å²) in [5.41, 5.74) is 0. The molecule has 1 heterocycles. The quantitative estimate of drug-likeness (QED) is 0.544. The molecular formula is C8H16N2. The van der Waals surface area contributed by atoms with E-state index in [-0.39, 0.29) is 0 Å². The average molecular weight is 140 g/mol. The van der Waals surface area contributed by atoms with Crippen molar-refractivity contribution in [1.29, 1.82) is 0 Å². The SMILES string of the molecule is CNC1C[C@H]2CNC[C@H]2C1. The molecule has 2 nitrogen and oxygen atoms in total. The smallest absolute Gasteiger partial charge is 0.00705 e. The van der Waals surface area contributed by atoms with Gasteiger partial charge in [-0.1, -0.05) is 0 Å². The monoisotopic (exact) mass is 140 g/mol. The first-order chi connectivity index (χ1) is 4.90. The first-order valence-corrected chi connectivity index (χ1v) is 4.28. The van der Waals surface area contributed by atoms with E-state index in [1.165, 1.54) is 25.9 Å². The van der Waals surface area contributed by atoms with E-state index < -0.39 is 0 Å². The van der Waals surface area contributed by atoms with E-state index in [0.717, 1.165) is 17.9 Å². The van der Waals surface area contributed by atoms with Crippen LogP contribution in [0, 0.1) is 11.8 Å². The highest BCUT2D eigenvalue weighted by Gasteiger charge is 2.36. The molecule has 0 aromatic rings. The molecule has 1 aliphatic carbocycles. The first kappa shape index (κ1) is 6.62. The van der Waals surface area contributed by atoms with Crippen LogP contribution in [-0.2, 0) is 0 Å². The van der Waals surface area contributed by atoms with Gasteiger partial charge in [-0.25, -0.2) is 0 Å². The van der Waals surface area contributed by atoms with E-state index in [0.29, 0.717) is 0 Å². The third kappa shape index (κ3) is 0.956. The van der Waals surface area contributed by atoms with Crippen molar-refractivity contribution < 1.29 is 0 Å². The van der Waals surface area contributed by atoms with Crippen LogP contribution in [0.5, 0.6) is 0 Å². The van der Waals surface area contributed by atoms with Crippen molar-refractivity contribution in [2.24, 2.45) is 11.8 Å². The van der Waals surface area contributed by atoms with Crippen LogP contribution in [0.15, 0.2) is 0 Å². The van der Waals surface area contributed by atoms with Gasteiger partial charge in [-0.15, -0.1) is 0 Å². The Hall–Kier alpha value is -0.0800. The van der Waals surface area contributed by atoms with Crippen LogP contribution in [-0.4, -0.2) is 26.2 Å². The maximum Gasteiger partial charge on any atom is 0.00705 e. The Bertz CT molecular complexity index is 112. The fourth-order valence-corrected chi connectivity index (χ4v) is 2.40. The summed E-state index contributed by atoms with van der Waals surface area (Å²) >= 11 is 0. The van der Waals surface area contributed by atoms with E-state index in [9.17, 15) is 0 Å². The Labute approximate surface area is 62.4 Å². The molecule has 2 aliphatic rings. The maximum absolute atomic E-state index is 3.44. The molecule has 3 atom stereocenters. The molecule has 1 saturated heterocycles. The second-order valence-corrected chi connectivity index (χ2v) is 3.64. The Morgan fingerprint density at radius 1 is 1.20 bits per heavy atom. The predicted molar refractivity (Wildman–Crippen MR) is 41.9 cm³/mol. The van der Waals surface area contributed by atoms with Gasteiger partial charge in [0.2, 0.25) is 0 Å². The van der Waals surface area contributed by atoms with Crippen LogP contribution < -0.4 is 10.6 Å². The molecule has 0 radical (unpaired) electrons. The highest BCUT2D eigenvalue weighted by atomic mass is 15.0. The van der Waals surface area contributed by atoms with Crippen LogP contribution in [0.1, 0.15) is 12.8 Å². The second-order valence-electron chi connectivity index (χ2n) is 3.64. The summed E-state index contributed by atoms with van der Waals surface area (Å²) in [6.07, 6.45) is 2.79. The number of fused-ring (bicyclic) bond motifs is 1. The molecule has 1 unspecified atom stereocenters. The van der Waals surface area contributed by atoms with E-state index in [1.807, 2.05) is 0 Å². The van der Waals surface area contributed by atoms with E-state index in [2.05, 4.69) is 17.7 Å². The number of nitrogens with one attached hydrogen (secondary N) is 2. The summed E-state index contributed by atoms with van der Waals surface area (Å²) in [4.78, 5) is 0. The third-order valence-electron chi connectivity index (χ3n) is 3.06. The van der Waals surface area contributed by atoms with Crippen LogP contribution in [0.4, 0.5) is 0 Å².